The fraction of sp³-hybridized carbons (Fsp3) is 0.591. The van der Waals surface area contributed by atoms with Crippen LogP contribution in [0.5, 0.6) is 0 Å². The van der Waals surface area contributed by atoms with Crippen molar-refractivity contribution in [1.82, 2.24) is 30.0 Å². The number of H-pyrrole nitrogens is 1. The molecule has 30 heavy (non-hydrogen) atoms. The Morgan fingerprint density at radius 1 is 1.20 bits per heavy atom. The standard InChI is InChI=1S/C22H28N6O2/c1-15-24-21(26-25-15)22-13-27(19(29)9-16-5-2-3-6-16)11-18(22)12-28(14-22)20(30)17-7-4-8-23-10-17/h4,7-8,10,16,18H,2-3,5-6,9,11-14H2,1H3,(H,24,25,26)/t18-,22-/m1/s1. The van der Waals surface area contributed by atoms with Crippen molar-refractivity contribution in [2.75, 3.05) is 26.2 Å². The highest BCUT2D eigenvalue weighted by molar-refractivity contribution is 5.94. The van der Waals surface area contributed by atoms with Crippen LogP contribution in [-0.4, -0.2) is 68.0 Å². The van der Waals surface area contributed by atoms with Crippen molar-refractivity contribution in [3.8, 4) is 0 Å². The topological polar surface area (TPSA) is 95.1 Å². The Kier molecular flexibility index (Phi) is 4.79. The van der Waals surface area contributed by atoms with Crippen molar-refractivity contribution in [1.29, 1.82) is 0 Å². The van der Waals surface area contributed by atoms with Gasteiger partial charge in [-0.1, -0.05) is 12.8 Å². The zero-order valence-corrected chi connectivity index (χ0v) is 17.4. The van der Waals surface area contributed by atoms with Gasteiger partial charge in [-0.2, -0.15) is 5.10 Å². The summed E-state index contributed by atoms with van der Waals surface area (Å²) in [5.41, 5.74) is 0.182. The second kappa shape index (κ2) is 7.49. The molecule has 1 saturated carbocycles. The Hall–Kier alpha value is -2.77. The lowest BCUT2D eigenvalue weighted by atomic mass is 9.80. The molecule has 0 spiro atoms. The summed E-state index contributed by atoms with van der Waals surface area (Å²) in [6, 6.07) is 3.58. The molecule has 0 bridgehead atoms. The van der Waals surface area contributed by atoms with Gasteiger partial charge in [0.15, 0.2) is 5.82 Å². The average molecular weight is 409 g/mol. The van der Waals surface area contributed by atoms with Crippen LogP contribution >= 0.6 is 0 Å². The van der Waals surface area contributed by atoms with E-state index in [1.165, 1.54) is 25.7 Å². The molecule has 2 aliphatic heterocycles. The van der Waals surface area contributed by atoms with Gasteiger partial charge in [-0.25, -0.2) is 4.98 Å². The zero-order chi connectivity index (χ0) is 20.7. The van der Waals surface area contributed by atoms with Crippen molar-refractivity contribution in [2.24, 2.45) is 11.8 Å². The molecule has 3 fully saturated rings. The number of hydrogen-bond donors (Lipinski definition) is 1. The molecular formula is C22H28N6O2. The maximum Gasteiger partial charge on any atom is 0.255 e. The summed E-state index contributed by atoms with van der Waals surface area (Å²) in [5, 5.41) is 7.42. The fourth-order valence-electron chi connectivity index (χ4n) is 5.55. The Morgan fingerprint density at radius 3 is 2.67 bits per heavy atom. The number of rotatable bonds is 4. The lowest BCUT2D eigenvalue weighted by Gasteiger charge is -2.27. The van der Waals surface area contributed by atoms with Gasteiger partial charge in [-0.3, -0.25) is 19.7 Å². The van der Waals surface area contributed by atoms with Crippen LogP contribution in [0.25, 0.3) is 0 Å². The first kappa shape index (κ1) is 19.2. The minimum Gasteiger partial charge on any atom is -0.341 e. The summed E-state index contributed by atoms with van der Waals surface area (Å²) in [7, 11) is 0. The van der Waals surface area contributed by atoms with Crippen LogP contribution in [-0.2, 0) is 10.2 Å². The van der Waals surface area contributed by atoms with Gasteiger partial charge in [-0.05, 0) is 37.8 Å². The lowest BCUT2D eigenvalue weighted by molar-refractivity contribution is -0.131. The number of nitrogens with zero attached hydrogens (tertiary/aromatic N) is 5. The van der Waals surface area contributed by atoms with Gasteiger partial charge in [0, 0.05) is 50.9 Å². The van der Waals surface area contributed by atoms with Crippen molar-refractivity contribution in [3.05, 3.63) is 41.7 Å². The summed E-state index contributed by atoms with van der Waals surface area (Å²) in [5.74, 6) is 2.37. The third-order valence-corrected chi connectivity index (χ3v) is 7.14. The fourth-order valence-corrected chi connectivity index (χ4v) is 5.55. The van der Waals surface area contributed by atoms with Gasteiger partial charge in [-0.15, -0.1) is 0 Å². The summed E-state index contributed by atoms with van der Waals surface area (Å²) in [4.78, 5) is 38.7. The number of aryl methyl sites for hydroxylation is 1. The molecule has 3 aliphatic rings. The minimum absolute atomic E-state index is 0.0204. The Morgan fingerprint density at radius 2 is 1.97 bits per heavy atom. The van der Waals surface area contributed by atoms with Crippen LogP contribution in [0.3, 0.4) is 0 Å². The number of fused-ring (bicyclic) bond motifs is 1. The van der Waals surface area contributed by atoms with Gasteiger partial charge in [0.25, 0.3) is 5.91 Å². The van der Waals surface area contributed by atoms with Crippen LogP contribution in [0.1, 0.15) is 54.1 Å². The number of amides is 2. The van der Waals surface area contributed by atoms with E-state index in [2.05, 4.69) is 20.2 Å². The van der Waals surface area contributed by atoms with E-state index in [4.69, 9.17) is 0 Å². The average Bonchev–Trinajstić information content (AvgIpc) is 3.51. The molecular weight excluding hydrogens is 380 g/mol. The third-order valence-electron chi connectivity index (χ3n) is 7.14. The molecule has 2 amide bonds. The predicted octanol–water partition coefficient (Wildman–Crippen LogP) is 1.94. The minimum atomic E-state index is -0.409. The number of pyridine rings is 1. The van der Waals surface area contributed by atoms with E-state index in [1.807, 2.05) is 16.7 Å². The molecule has 2 atom stereocenters. The number of nitrogens with one attached hydrogen (secondary N) is 1. The first-order valence-electron chi connectivity index (χ1n) is 10.9. The maximum absolute atomic E-state index is 13.1. The highest BCUT2D eigenvalue weighted by atomic mass is 16.2. The molecule has 158 valence electrons. The van der Waals surface area contributed by atoms with Crippen LogP contribution in [0.15, 0.2) is 24.5 Å². The van der Waals surface area contributed by atoms with E-state index in [0.29, 0.717) is 44.1 Å². The van der Waals surface area contributed by atoms with E-state index in [9.17, 15) is 9.59 Å². The van der Waals surface area contributed by atoms with Crippen molar-refractivity contribution < 1.29 is 9.59 Å². The lowest BCUT2D eigenvalue weighted by Crippen LogP contribution is -2.42. The smallest absolute Gasteiger partial charge is 0.255 e. The third kappa shape index (κ3) is 3.28. The number of aromatic nitrogens is 4. The highest BCUT2D eigenvalue weighted by Crippen LogP contribution is 2.44. The molecule has 4 heterocycles. The normalized spacial score (nSPS) is 26.4. The summed E-state index contributed by atoms with van der Waals surface area (Å²) in [6.07, 6.45) is 8.75. The largest absolute Gasteiger partial charge is 0.341 e. The second-order valence-corrected chi connectivity index (χ2v) is 9.15. The van der Waals surface area contributed by atoms with Crippen molar-refractivity contribution >= 4 is 11.8 Å². The SMILES string of the molecule is Cc1nc([C@@]23CN(C(=O)CC4CCCC4)C[C@@H]2CN(C(=O)c2cccnc2)C3)n[nH]1. The monoisotopic (exact) mass is 408 g/mol. The molecule has 2 aromatic rings. The second-order valence-electron chi connectivity index (χ2n) is 9.15. The van der Waals surface area contributed by atoms with E-state index < -0.39 is 5.41 Å². The molecule has 1 N–H and O–H groups in total. The molecule has 2 saturated heterocycles. The van der Waals surface area contributed by atoms with Crippen molar-refractivity contribution in [3.63, 3.8) is 0 Å². The van der Waals surface area contributed by atoms with Crippen molar-refractivity contribution in [2.45, 2.75) is 44.4 Å². The quantitative estimate of drug-likeness (QED) is 0.834. The number of aromatic amines is 1. The first-order chi connectivity index (χ1) is 14.5. The summed E-state index contributed by atoms with van der Waals surface area (Å²) >= 11 is 0. The van der Waals surface area contributed by atoms with Crippen LogP contribution in [0.4, 0.5) is 0 Å². The van der Waals surface area contributed by atoms with Gasteiger partial charge in [0.05, 0.1) is 11.0 Å². The van der Waals surface area contributed by atoms with Gasteiger partial charge in [0.1, 0.15) is 5.82 Å². The molecule has 0 unspecified atom stereocenters. The molecule has 1 aliphatic carbocycles. The first-order valence-corrected chi connectivity index (χ1v) is 10.9. The Bertz CT molecular complexity index is 938. The number of likely N-dealkylation sites (tertiary alicyclic amines) is 2. The van der Waals surface area contributed by atoms with Gasteiger partial charge >= 0.3 is 0 Å². The molecule has 0 radical (unpaired) electrons. The molecule has 0 aromatic carbocycles. The van der Waals surface area contributed by atoms with E-state index in [1.54, 1.807) is 24.5 Å². The number of carbonyl (C=O) groups is 2. The van der Waals surface area contributed by atoms with E-state index >= 15 is 0 Å². The molecule has 2 aromatic heterocycles. The molecule has 8 heteroatoms. The Balaban J connectivity index is 1.38. The van der Waals surface area contributed by atoms with E-state index in [-0.39, 0.29) is 17.7 Å². The Labute approximate surface area is 176 Å². The van der Waals surface area contributed by atoms with E-state index in [0.717, 1.165) is 11.6 Å². The van der Waals surface area contributed by atoms with Crippen LogP contribution in [0.2, 0.25) is 0 Å². The molecule has 8 nitrogen and oxygen atoms in total. The van der Waals surface area contributed by atoms with Gasteiger partial charge < -0.3 is 9.80 Å². The highest BCUT2D eigenvalue weighted by Gasteiger charge is 2.57. The summed E-state index contributed by atoms with van der Waals surface area (Å²) in [6.45, 7) is 4.26. The maximum atomic E-state index is 13.1. The zero-order valence-electron chi connectivity index (χ0n) is 17.4. The number of hydrogen-bond acceptors (Lipinski definition) is 5. The molecule has 5 rings (SSSR count). The van der Waals surface area contributed by atoms with Crippen LogP contribution < -0.4 is 0 Å². The number of carbonyl (C=O) groups excluding carboxylic acids is 2. The van der Waals surface area contributed by atoms with Crippen LogP contribution in [0, 0.1) is 18.8 Å². The van der Waals surface area contributed by atoms with Gasteiger partial charge in [0.2, 0.25) is 5.91 Å². The predicted molar refractivity (Wildman–Crippen MR) is 110 cm³/mol. The summed E-state index contributed by atoms with van der Waals surface area (Å²) < 4.78 is 0.